The van der Waals surface area contributed by atoms with Crippen molar-refractivity contribution in [2.75, 3.05) is 25.0 Å². The van der Waals surface area contributed by atoms with Crippen molar-refractivity contribution in [2.24, 2.45) is 0 Å². The number of nitrogens with zero attached hydrogens (tertiary/aromatic N) is 2. The molecule has 1 saturated heterocycles. The Kier molecular flexibility index (Phi) is 7.73. The molecule has 0 aliphatic carbocycles. The number of rotatable bonds is 6. The van der Waals surface area contributed by atoms with Gasteiger partial charge < -0.3 is 15.0 Å². The lowest BCUT2D eigenvalue weighted by molar-refractivity contribution is 0.104. The van der Waals surface area contributed by atoms with Crippen LogP contribution in [0.15, 0.2) is 103 Å². The highest BCUT2D eigenvalue weighted by Gasteiger charge is 2.27. The number of hydrogen-bond acceptors (Lipinski definition) is 3. The molecule has 0 spiro atoms. The van der Waals surface area contributed by atoms with E-state index in [0.717, 1.165) is 47.9 Å². The average Bonchev–Trinajstić information content (AvgIpc) is 2.90. The summed E-state index contributed by atoms with van der Waals surface area (Å²) in [5.74, 6) is 1.65. The van der Waals surface area contributed by atoms with Crippen molar-refractivity contribution >= 4 is 23.3 Å². The third kappa shape index (κ3) is 6.50. The van der Waals surface area contributed by atoms with E-state index in [9.17, 15) is 4.79 Å². The monoisotopic (exact) mass is 511 g/mol. The van der Waals surface area contributed by atoms with E-state index in [1.165, 1.54) is 5.56 Å². The number of nitrogens with one attached hydrogen (secondary N) is 1. The summed E-state index contributed by atoms with van der Waals surface area (Å²) in [7, 11) is 0. The number of anilines is 1. The first-order valence-corrected chi connectivity index (χ1v) is 12.9. The minimum absolute atomic E-state index is 0.0753. The minimum atomic E-state index is -0.0753. The summed E-state index contributed by atoms with van der Waals surface area (Å²) in [4.78, 5) is 17.4. The normalized spacial score (nSPS) is 15.8. The van der Waals surface area contributed by atoms with Crippen molar-refractivity contribution in [1.82, 2.24) is 9.80 Å². The SMILES string of the molecule is C[C@H]1CN(Cc2cccc(Oc3ccccc3)c2)CCN1C(=O)Nc1cccc(-c2cccc(Cl)c2)c1. The van der Waals surface area contributed by atoms with E-state index in [1.807, 2.05) is 95.9 Å². The number of amides is 2. The first kappa shape index (κ1) is 24.9. The number of para-hydroxylation sites is 1. The number of urea groups is 1. The molecule has 0 saturated carbocycles. The van der Waals surface area contributed by atoms with Gasteiger partial charge in [-0.2, -0.15) is 0 Å². The molecule has 1 fully saturated rings. The Morgan fingerprint density at radius 2 is 1.59 bits per heavy atom. The lowest BCUT2D eigenvalue weighted by atomic mass is 10.1. The van der Waals surface area contributed by atoms with Gasteiger partial charge in [0, 0.05) is 42.9 Å². The molecule has 4 aromatic rings. The highest BCUT2D eigenvalue weighted by Crippen LogP contribution is 2.26. The van der Waals surface area contributed by atoms with Crippen LogP contribution < -0.4 is 10.1 Å². The molecule has 1 aliphatic heterocycles. The quantitative estimate of drug-likeness (QED) is 0.291. The number of carbonyl (C=O) groups excluding carboxylic acids is 1. The Balaban J connectivity index is 1.17. The van der Waals surface area contributed by atoms with Gasteiger partial charge in [-0.15, -0.1) is 0 Å². The summed E-state index contributed by atoms with van der Waals surface area (Å²) < 4.78 is 5.99. The number of hydrogen-bond donors (Lipinski definition) is 1. The lowest BCUT2D eigenvalue weighted by Gasteiger charge is -2.39. The van der Waals surface area contributed by atoms with E-state index in [0.29, 0.717) is 11.6 Å². The number of piperazine rings is 1. The summed E-state index contributed by atoms with van der Waals surface area (Å²) in [6, 6.07) is 33.6. The van der Waals surface area contributed by atoms with Crippen molar-refractivity contribution in [3.8, 4) is 22.6 Å². The second-order valence-corrected chi connectivity index (χ2v) is 9.80. The molecule has 1 N–H and O–H groups in total. The van der Waals surface area contributed by atoms with Crippen LogP contribution in [-0.2, 0) is 6.54 Å². The van der Waals surface area contributed by atoms with Crippen LogP contribution in [0.5, 0.6) is 11.5 Å². The summed E-state index contributed by atoms with van der Waals surface area (Å²) >= 11 is 6.15. The highest BCUT2D eigenvalue weighted by molar-refractivity contribution is 6.30. The Hall–Kier alpha value is -3.80. The zero-order valence-electron chi connectivity index (χ0n) is 20.8. The maximum absolute atomic E-state index is 13.1. The van der Waals surface area contributed by atoms with Gasteiger partial charge in [0.25, 0.3) is 0 Å². The first-order valence-electron chi connectivity index (χ1n) is 12.5. The molecule has 5 rings (SSSR count). The van der Waals surface area contributed by atoms with Crippen molar-refractivity contribution in [1.29, 1.82) is 0 Å². The van der Waals surface area contributed by atoms with Gasteiger partial charge in [0.2, 0.25) is 0 Å². The third-order valence-electron chi connectivity index (χ3n) is 6.53. The predicted octanol–water partition coefficient (Wildman–Crippen LogP) is 7.54. The lowest BCUT2D eigenvalue weighted by Crippen LogP contribution is -2.54. The van der Waals surface area contributed by atoms with Crippen molar-refractivity contribution in [3.05, 3.63) is 114 Å². The summed E-state index contributed by atoms with van der Waals surface area (Å²) in [5, 5.41) is 3.77. The standard InChI is InChI=1S/C31H30ClN3O2/c1-23-21-34(22-24-8-5-15-30(18-24)37-29-13-3-2-4-14-29)16-17-35(23)31(36)33-28-12-7-10-26(20-28)25-9-6-11-27(32)19-25/h2-15,18-20,23H,16-17,21-22H2,1H3,(H,33,36)/t23-/m0/s1. The zero-order chi connectivity index (χ0) is 25.6. The second-order valence-electron chi connectivity index (χ2n) is 9.36. The fraction of sp³-hybridized carbons (Fsp3) is 0.194. The molecule has 4 aromatic carbocycles. The maximum atomic E-state index is 13.1. The first-order chi connectivity index (χ1) is 18.0. The van der Waals surface area contributed by atoms with E-state index in [2.05, 4.69) is 29.3 Å². The molecular formula is C31H30ClN3O2. The van der Waals surface area contributed by atoms with Crippen LogP contribution in [0.3, 0.4) is 0 Å². The second kappa shape index (κ2) is 11.5. The van der Waals surface area contributed by atoms with Gasteiger partial charge in [-0.05, 0) is 72.1 Å². The smallest absolute Gasteiger partial charge is 0.322 e. The topological polar surface area (TPSA) is 44.8 Å². The number of halogens is 1. The van der Waals surface area contributed by atoms with Gasteiger partial charge in [-0.1, -0.05) is 66.2 Å². The molecule has 1 heterocycles. The van der Waals surface area contributed by atoms with Gasteiger partial charge in [0.15, 0.2) is 0 Å². The van der Waals surface area contributed by atoms with Crippen molar-refractivity contribution < 1.29 is 9.53 Å². The van der Waals surface area contributed by atoms with Crippen LogP contribution >= 0.6 is 11.6 Å². The zero-order valence-corrected chi connectivity index (χ0v) is 21.6. The van der Waals surface area contributed by atoms with E-state index < -0.39 is 0 Å². The van der Waals surface area contributed by atoms with E-state index in [4.69, 9.17) is 16.3 Å². The van der Waals surface area contributed by atoms with E-state index in [-0.39, 0.29) is 12.1 Å². The molecule has 2 amide bonds. The predicted molar refractivity (Wildman–Crippen MR) is 150 cm³/mol. The molecule has 0 unspecified atom stereocenters. The van der Waals surface area contributed by atoms with Crippen LogP contribution in [0.1, 0.15) is 12.5 Å². The molecule has 1 aliphatic rings. The number of benzene rings is 4. The molecule has 0 bridgehead atoms. The van der Waals surface area contributed by atoms with Crippen LogP contribution in [0.2, 0.25) is 5.02 Å². The van der Waals surface area contributed by atoms with Crippen LogP contribution in [0.25, 0.3) is 11.1 Å². The molecule has 1 atom stereocenters. The Labute approximate surface area is 223 Å². The summed E-state index contributed by atoms with van der Waals surface area (Å²) in [5.41, 5.74) is 3.99. The van der Waals surface area contributed by atoms with E-state index >= 15 is 0 Å². The van der Waals surface area contributed by atoms with Gasteiger partial charge in [-0.25, -0.2) is 4.79 Å². The third-order valence-corrected chi connectivity index (χ3v) is 6.76. The number of carbonyl (C=O) groups is 1. The summed E-state index contributed by atoms with van der Waals surface area (Å²) in [6.07, 6.45) is 0. The van der Waals surface area contributed by atoms with Gasteiger partial charge >= 0.3 is 6.03 Å². The molecular weight excluding hydrogens is 482 g/mol. The molecule has 0 radical (unpaired) electrons. The van der Waals surface area contributed by atoms with E-state index in [1.54, 1.807) is 0 Å². The highest BCUT2D eigenvalue weighted by atomic mass is 35.5. The van der Waals surface area contributed by atoms with Crippen molar-refractivity contribution in [2.45, 2.75) is 19.5 Å². The van der Waals surface area contributed by atoms with Crippen LogP contribution in [0.4, 0.5) is 10.5 Å². The average molecular weight is 512 g/mol. The van der Waals surface area contributed by atoms with Crippen molar-refractivity contribution in [3.63, 3.8) is 0 Å². The van der Waals surface area contributed by atoms with Crippen LogP contribution in [-0.4, -0.2) is 41.5 Å². The largest absolute Gasteiger partial charge is 0.457 e. The van der Waals surface area contributed by atoms with Crippen LogP contribution in [0, 0.1) is 0 Å². The fourth-order valence-electron chi connectivity index (χ4n) is 4.71. The minimum Gasteiger partial charge on any atom is -0.457 e. The Bertz CT molecular complexity index is 1360. The maximum Gasteiger partial charge on any atom is 0.322 e. The molecule has 188 valence electrons. The Morgan fingerprint density at radius 1 is 0.865 bits per heavy atom. The van der Waals surface area contributed by atoms with Gasteiger partial charge in [0.05, 0.1) is 0 Å². The Morgan fingerprint density at radius 3 is 2.38 bits per heavy atom. The fourth-order valence-corrected chi connectivity index (χ4v) is 4.90. The summed E-state index contributed by atoms with van der Waals surface area (Å²) in [6.45, 7) is 5.20. The number of ether oxygens (including phenoxy) is 1. The van der Waals surface area contributed by atoms with Gasteiger partial charge in [0.1, 0.15) is 11.5 Å². The molecule has 37 heavy (non-hydrogen) atoms. The molecule has 5 nitrogen and oxygen atoms in total. The molecule has 0 aromatic heterocycles. The molecule has 6 heteroatoms. The van der Waals surface area contributed by atoms with Gasteiger partial charge in [-0.3, -0.25) is 4.90 Å².